The van der Waals surface area contributed by atoms with Crippen LogP contribution in [0.5, 0.6) is 5.75 Å². The normalized spacial score (nSPS) is 10.6. The first-order valence-electron chi connectivity index (χ1n) is 6.91. The van der Waals surface area contributed by atoms with Gasteiger partial charge in [-0.1, -0.05) is 30.1 Å². The van der Waals surface area contributed by atoms with Crippen molar-refractivity contribution in [3.63, 3.8) is 0 Å². The lowest BCUT2D eigenvalue weighted by Crippen LogP contribution is -2.13. The molecule has 112 valence electrons. The molecular formula is C16H18Cl2N2O. The number of nitrogens with zero attached hydrogens (tertiary/aromatic N) is 1. The Morgan fingerprint density at radius 1 is 1.19 bits per heavy atom. The van der Waals surface area contributed by atoms with E-state index in [9.17, 15) is 0 Å². The van der Waals surface area contributed by atoms with E-state index >= 15 is 0 Å². The quantitative estimate of drug-likeness (QED) is 0.831. The van der Waals surface area contributed by atoms with Crippen LogP contribution in [0.4, 0.5) is 0 Å². The van der Waals surface area contributed by atoms with Crippen LogP contribution in [0.1, 0.15) is 18.1 Å². The summed E-state index contributed by atoms with van der Waals surface area (Å²) in [6.45, 7) is 4.17. The minimum atomic E-state index is 0.546. The van der Waals surface area contributed by atoms with Crippen molar-refractivity contribution in [3.8, 4) is 5.75 Å². The van der Waals surface area contributed by atoms with Gasteiger partial charge in [0.2, 0.25) is 0 Å². The zero-order valence-corrected chi connectivity index (χ0v) is 13.4. The third kappa shape index (κ3) is 4.88. The average molecular weight is 325 g/mol. The SMILES string of the molecule is CCNCc1cc(Cl)cc(Cl)c1OCCc1ccncc1. The van der Waals surface area contributed by atoms with Gasteiger partial charge in [0, 0.05) is 35.9 Å². The maximum Gasteiger partial charge on any atom is 0.142 e. The van der Waals surface area contributed by atoms with Gasteiger partial charge in [-0.2, -0.15) is 0 Å². The minimum Gasteiger partial charge on any atom is -0.491 e. The van der Waals surface area contributed by atoms with Crippen LogP contribution in [0.3, 0.4) is 0 Å². The predicted molar refractivity (Wildman–Crippen MR) is 87.3 cm³/mol. The number of aromatic nitrogens is 1. The summed E-state index contributed by atoms with van der Waals surface area (Å²) in [6.07, 6.45) is 4.37. The lowest BCUT2D eigenvalue weighted by atomic mass is 10.2. The number of pyridine rings is 1. The van der Waals surface area contributed by atoms with Crippen LogP contribution in [0.2, 0.25) is 10.0 Å². The summed E-state index contributed by atoms with van der Waals surface area (Å²) in [5, 5.41) is 4.43. The first-order valence-corrected chi connectivity index (χ1v) is 7.66. The van der Waals surface area contributed by atoms with E-state index in [0.29, 0.717) is 28.9 Å². The molecular weight excluding hydrogens is 307 g/mol. The second-order valence-electron chi connectivity index (χ2n) is 4.61. The van der Waals surface area contributed by atoms with Gasteiger partial charge in [-0.3, -0.25) is 4.98 Å². The van der Waals surface area contributed by atoms with Gasteiger partial charge in [0.15, 0.2) is 0 Å². The second-order valence-corrected chi connectivity index (χ2v) is 5.45. The van der Waals surface area contributed by atoms with Crippen molar-refractivity contribution < 1.29 is 4.74 Å². The fraction of sp³-hybridized carbons (Fsp3) is 0.312. The zero-order valence-electron chi connectivity index (χ0n) is 11.9. The Balaban J connectivity index is 2.04. The number of hydrogen-bond acceptors (Lipinski definition) is 3. The van der Waals surface area contributed by atoms with Gasteiger partial charge in [0.1, 0.15) is 5.75 Å². The van der Waals surface area contributed by atoms with Crippen LogP contribution < -0.4 is 10.1 Å². The molecule has 0 amide bonds. The number of ether oxygens (including phenoxy) is 1. The topological polar surface area (TPSA) is 34.1 Å². The van der Waals surface area contributed by atoms with Crippen molar-refractivity contribution in [2.24, 2.45) is 0 Å². The van der Waals surface area contributed by atoms with Crippen molar-refractivity contribution in [3.05, 3.63) is 57.8 Å². The monoisotopic (exact) mass is 324 g/mol. The molecule has 1 aromatic carbocycles. The molecule has 0 saturated heterocycles. The lowest BCUT2D eigenvalue weighted by molar-refractivity contribution is 0.318. The van der Waals surface area contributed by atoms with Gasteiger partial charge < -0.3 is 10.1 Å². The summed E-state index contributed by atoms with van der Waals surface area (Å²) in [5.74, 6) is 0.705. The van der Waals surface area contributed by atoms with E-state index in [1.165, 1.54) is 5.56 Å². The maximum absolute atomic E-state index is 6.25. The Labute approximate surface area is 135 Å². The minimum absolute atomic E-state index is 0.546. The molecule has 0 fully saturated rings. The van der Waals surface area contributed by atoms with E-state index in [-0.39, 0.29) is 0 Å². The zero-order chi connectivity index (χ0) is 15.1. The molecule has 0 spiro atoms. The van der Waals surface area contributed by atoms with Gasteiger partial charge in [-0.05, 0) is 36.4 Å². The second kappa shape index (κ2) is 8.23. The summed E-state index contributed by atoms with van der Waals surface area (Å²) in [6, 6.07) is 7.55. The molecule has 0 radical (unpaired) electrons. The molecule has 0 unspecified atom stereocenters. The summed E-state index contributed by atoms with van der Waals surface area (Å²) in [5.41, 5.74) is 2.16. The van der Waals surface area contributed by atoms with Gasteiger partial charge in [0.25, 0.3) is 0 Å². The van der Waals surface area contributed by atoms with Gasteiger partial charge in [0.05, 0.1) is 11.6 Å². The highest BCUT2D eigenvalue weighted by Gasteiger charge is 2.10. The number of benzene rings is 1. The number of halogens is 2. The standard InChI is InChI=1S/C16H18Cl2N2O/c1-2-19-11-13-9-14(17)10-15(18)16(13)21-8-5-12-3-6-20-7-4-12/h3-4,6-7,9-10,19H,2,5,8,11H2,1H3. The molecule has 0 atom stereocenters. The Kier molecular flexibility index (Phi) is 6.30. The van der Waals surface area contributed by atoms with Crippen molar-refractivity contribution >= 4 is 23.2 Å². The fourth-order valence-corrected chi connectivity index (χ4v) is 2.58. The first kappa shape index (κ1) is 16.1. The van der Waals surface area contributed by atoms with E-state index < -0.39 is 0 Å². The summed E-state index contributed by atoms with van der Waals surface area (Å²) < 4.78 is 5.87. The molecule has 2 aromatic rings. The highest BCUT2D eigenvalue weighted by atomic mass is 35.5. The molecule has 0 saturated carbocycles. The Bertz CT molecular complexity index is 576. The third-order valence-corrected chi connectivity index (χ3v) is 3.54. The van der Waals surface area contributed by atoms with E-state index in [4.69, 9.17) is 27.9 Å². The molecule has 2 rings (SSSR count). The van der Waals surface area contributed by atoms with Crippen LogP contribution in [-0.2, 0) is 13.0 Å². The fourth-order valence-electron chi connectivity index (χ4n) is 1.99. The third-order valence-electron chi connectivity index (χ3n) is 3.04. The number of rotatable bonds is 7. The van der Waals surface area contributed by atoms with Crippen molar-refractivity contribution in [1.29, 1.82) is 0 Å². The van der Waals surface area contributed by atoms with Gasteiger partial charge in [-0.15, -0.1) is 0 Å². The van der Waals surface area contributed by atoms with Crippen LogP contribution in [0.15, 0.2) is 36.7 Å². The van der Waals surface area contributed by atoms with E-state index in [0.717, 1.165) is 18.5 Å². The predicted octanol–water partition coefficient (Wildman–Crippen LogP) is 4.12. The maximum atomic E-state index is 6.25. The molecule has 0 aliphatic rings. The smallest absolute Gasteiger partial charge is 0.142 e. The van der Waals surface area contributed by atoms with Gasteiger partial charge in [-0.25, -0.2) is 0 Å². The van der Waals surface area contributed by atoms with Crippen LogP contribution >= 0.6 is 23.2 Å². The molecule has 0 bridgehead atoms. The highest BCUT2D eigenvalue weighted by molar-refractivity contribution is 6.35. The molecule has 1 heterocycles. The summed E-state index contributed by atoms with van der Waals surface area (Å²) >= 11 is 12.3. The van der Waals surface area contributed by atoms with Crippen molar-refractivity contribution in [2.75, 3.05) is 13.2 Å². The Morgan fingerprint density at radius 2 is 1.95 bits per heavy atom. The molecule has 0 aliphatic heterocycles. The molecule has 5 heteroatoms. The van der Waals surface area contributed by atoms with Crippen LogP contribution in [0.25, 0.3) is 0 Å². The molecule has 0 aliphatic carbocycles. The summed E-state index contributed by atoms with van der Waals surface area (Å²) in [7, 11) is 0. The van der Waals surface area contributed by atoms with E-state index in [2.05, 4.69) is 17.2 Å². The van der Waals surface area contributed by atoms with Crippen LogP contribution in [0, 0.1) is 0 Å². The summed E-state index contributed by atoms with van der Waals surface area (Å²) in [4.78, 5) is 4.00. The Morgan fingerprint density at radius 3 is 2.67 bits per heavy atom. The van der Waals surface area contributed by atoms with Crippen molar-refractivity contribution in [1.82, 2.24) is 10.3 Å². The first-order chi connectivity index (χ1) is 10.2. The molecule has 3 nitrogen and oxygen atoms in total. The van der Waals surface area contributed by atoms with Gasteiger partial charge >= 0.3 is 0 Å². The van der Waals surface area contributed by atoms with Crippen molar-refractivity contribution in [2.45, 2.75) is 19.9 Å². The molecule has 21 heavy (non-hydrogen) atoms. The number of hydrogen-bond donors (Lipinski definition) is 1. The largest absolute Gasteiger partial charge is 0.491 e. The average Bonchev–Trinajstić information content (AvgIpc) is 2.48. The highest BCUT2D eigenvalue weighted by Crippen LogP contribution is 2.32. The lowest BCUT2D eigenvalue weighted by Gasteiger charge is -2.14. The van der Waals surface area contributed by atoms with Crippen LogP contribution in [-0.4, -0.2) is 18.1 Å². The molecule has 1 aromatic heterocycles. The molecule has 1 N–H and O–H groups in total. The van der Waals surface area contributed by atoms with E-state index in [1.54, 1.807) is 18.5 Å². The van der Waals surface area contributed by atoms with E-state index in [1.807, 2.05) is 18.2 Å². The number of nitrogens with one attached hydrogen (secondary N) is 1. The Hall–Kier alpha value is -1.29.